The number of carboxylic acids is 1. The van der Waals surface area contributed by atoms with Crippen molar-refractivity contribution < 1.29 is 31.5 Å². The number of aromatic carboxylic acids is 1. The van der Waals surface area contributed by atoms with Crippen molar-refractivity contribution in [1.29, 1.82) is 0 Å². The number of carboxylic acid groups (broad SMARTS) is 1. The van der Waals surface area contributed by atoms with Crippen LogP contribution < -0.4 is 0 Å². The van der Waals surface area contributed by atoms with Crippen molar-refractivity contribution in [2.24, 2.45) is 13.0 Å². The maximum atomic E-state index is 13.6. The zero-order chi connectivity index (χ0) is 30.0. The van der Waals surface area contributed by atoms with Crippen molar-refractivity contribution in [3.63, 3.8) is 0 Å². The summed E-state index contributed by atoms with van der Waals surface area (Å²) in [6, 6.07) is 9.85. The number of nitrogens with zero attached hydrogens (tertiary/aromatic N) is 5. The van der Waals surface area contributed by atoms with Gasteiger partial charge in [0.15, 0.2) is 0 Å². The van der Waals surface area contributed by atoms with Crippen LogP contribution in [0.2, 0.25) is 0 Å². The zero-order valence-electron chi connectivity index (χ0n) is 22.8. The van der Waals surface area contributed by atoms with Crippen LogP contribution in [-0.2, 0) is 36.2 Å². The molecule has 0 amide bonds. The van der Waals surface area contributed by atoms with Crippen LogP contribution in [0.3, 0.4) is 0 Å². The minimum atomic E-state index is -4.57. The molecule has 0 spiro atoms. The predicted molar refractivity (Wildman–Crippen MR) is 146 cm³/mol. The van der Waals surface area contributed by atoms with Crippen molar-refractivity contribution in [2.75, 3.05) is 6.54 Å². The van der Waals surface area contributed by atoms with Crippen LogP contribution in [-0.4, -0.2) is 49.9 Å². The Bertz CT molecular complexity index is 1800. The Balaban J connectivity index is 1.32. The molecule has 1 aliphatic carbocycles. The fourth-order valence-electron chi connectivity index (χ4n) is 5.91. The van der Waals surface area contributed by atoms with Crippen molar-refractivity contribution in [2.45, 2.75) is 49.2 Å². The Labute approximate surface area is 240 Å². The van der Waals surface area contributed by atoms with Crippen LogP contribution in [0.4, 0.5) is 13.2 Å². The molecule has 0 bridgehead atoms. The molecule has 0 radical (unpaired) electrons. The lowest BCUT2D eigenvalue weighted by molar-refractivity contribution is -0.137. The van der Waals surface area contributed by atoms with E-state index in [1.54, 1.807) is 39.8 Å². The molecule has 1 aliphatic heterocycles. The van der Waals surface area contributed by atoms with Crippen LogP contribution in [0.15, 0.2) is 66.0 Å². The normalized spacial score (nSPS) is 22.0. The highest BCUT2D eigenvalue weighted by molar-refractivity contribution is 7.89. The van der Waals surface area contributed by atoms with Crippen molar-refractivity contribution in [3.8, 4) is 5.69 Å². The molecule has 2 unspecified atom stereocenters. The molecule has 6 rings (SSSR count). The number of benzene rings is 2. The van der Waals surface area contributed by atoms with E-state index in [1.165, 1.54) is 10.5 Å². The number of sulfonamides is 1. The first-order valence-corrected chi connectivity index (χ1v) is 14.9. The number of aryl methyl sites for hydroxylation is 1. The van der Waals surface area contributed by atoms with Gasteiger partial charge < -0.3 is 5.11 Å². The lowest BCUT2D eigenvalue weighted by Gasteiger charge is -2.23. The number of carbonyl (C=O) groups is 1. The van der Waals surface area contributed by atoms with Gasteiger partial charge in [0.05, 0.1) is 34.2 Å². The molecule has 2 aromatic heterocycles. The highest BCUT2D eigenvalue weighted by Crippen LogP contribution is 2.55. The van der Waals surface area contributed by atoms with Gasteiger partial charge >= 0.3 is 12.1 Å². The number of aromatic nitrogens is 4. The van der Waals surface area contributed by atoms with E-state index in [2.05, 4.69) is 10.2 Å². The lowest BCUT2D eigenvalue weighted by Crippen LogP contribution is -2.32. The standard InChI is InChI=1S/C29H28F3N5O4S/c1-17-8-19-10-21(29(30,31)32)6-7-26(19)42(40,41)36(14-17)15-18-4-3-5-22(9-18)37-27(25(13-34-37)28(38)39)24-11-23(24)20-12-33-35(2)16-20/h3-7,9-10,12-13,16-17,23-24H,8,11,14-15H2,1-2H3,(H,38,39)/t17-,23?,24?/m1/s1. The third-order valence-electron chi connectivity index (χ3n) is 7.93. The summed E-state index contributed by atoms with van der Waals surface area (Å²) in [4.78, 5) is 12.0. The fourth-order valence-corrected chi connectivity index (χ4v) is 7.68. The first-order valence-electron chi connectivity index (χ1n) is 13.4. The van der Waals surface area contributed by atoms with E-state index in [0.29, 0.717) is 16.9 Å². The summed E-state index contributed by atoms with van der Waals surface area (Å²) >= 11 is 0. The van der Waals surface area contributed by atoms with Crippen molar-refractivity contribution in [1.82, 2.24) is 23.9 Å². The molecule has 2 aromatic carbocycles. The topological polar surface area (TPSA) is 110 Å². The number of rotatable bonds is 6. The van der Waals surface area contributed by atoms with Gasteiger partial charge in [-0.05, 0) is 71.7 Å². The molecule has 1 N–H and O–H groups in total. The third-order valence-corrected chi connectivity index (χ3v) is 9.85. The Kier molecular flexibility index (Phi) is 6.76. The molecule has 42 heavy (non-hydrogen) atoms. The summed E-state index contributed by atoms with van der Waals surface area (Å²) in [7, 11) is -2.26. The molecule has 3 heterocycles. The summed E-state index contributed by atoms with van der Waals surface area (Å²) < 4.78 is 71.9. The molecule has 13 heteroatoms. The Morgan fingerprint density at radius 3 is 2.57 bits per heavy atom. The molecule has 0 saturated heterocycles. The van der Waals surface area contributed by atoms with Gasteiger partial charge in [0, 0.05) is 32.3 Å². The number of hydrogen-bond acceptors (Lipinski definition) is 5. The largest absolute Gasteiger partial charge is 0.478 e. The average molecular weight is 600 g/mol. The highest BCUT2D eigenvalue weighted by atomic mass is 32.2. The van der Waals surface area contributed by atoms with E-state index < -0.39 is 27.7 Å². The van der Waals surface area contributed by atoms with E-state index in [1.807, 2.05) is 20.2 Å². The minimum absolute atomic E-state index is 0.00883. The summed E-state index contributed by atoms with van der Waals surface area (Å²) in [5.74, 6) is -1.27. The molecular formula is C29H28F3N5O4S. The maximum Gasteiger partial charge on any atom is 0.416 e. The van der Waals surface area contributed by atoms with E-state index in [0.717, 1.165) is 30.2 Å². The summed E-state index contributed by atoms with van der Waals surface area (Å²) in [5, 5.41) is 18.5. The first-order chi connectivity index (χ1) is 19.8. The third kappa shape index (κ3) is 5.11. The SMILES string of the molecule is C[C@@H]1Cc2cc(C(F)(F)F)ccc2S(=O)(=O)N(Cc2cccc(-n3ncc(C(=O)O)c3C3CC3c3cnn(C)c3)c2)C1. The average Bonchev–Trinajstić information content (AvgIpc) is 3.39. The number of hydrogen-bond donors (Lipinski definition) is 1. The number of alkyl halides is 3. The van der Waals surface area contributed by atoms with Crippen LogP contribution in [0.5, 0.6) is 0 Å². The van der Waals surface area contributed by atoms with E-state index in [9.17, 15) is 31.5 Å². The Morgan fingerprint density at radius 1 is 1.10 bits per heavy atom. The zero-order valence-corrected chi connectivity index (χ0v) is 23.6. The second-order valence-electron chi connectivity index (χ2n) is 11.2. The van der Waals surface area contributed by atoms with Gasteiger partial charge in [-0.3, -0.25) is 4.68 Å². The quantitative estimate of drug-likeness (QED) is 0.335. The van der Waals surface area contributed by atoms with Gasteiger partial charge in [-0.15, -0.1) is 0 Å². The number of fused-ring (bicyclic) bond motifs is 1. The molecule has 1 saturated carbocycles. The molecule has 4 aromatic rings. The summed E-state index contributed by atoms with van der Waals surface area (Å²) in [6.07, 6.45) is 1.39. The van der Waals surface area contributed by atoms with Crippen molar-refractivity contribution in [3.05, 3.63) is 94.6 Å². The second kappa shape index (κ2) is 10.1. The minimum Gasteiger partial charge on any atom is -0.478 e. The van der Waals surface area contributed by atoms with Gasteiger partial charge in [-0.1, -0.05) is 19.1 Å². The summed E-state index contributed by atoms with van der Waals surface area (Å²) in [5.41, 5.74) is 2.20. The van der Waals surface area contributed by atoms with Gasteiger partial charge in [-0.25, -0.2) is 17.9 Å². The van der Waals surface area contributed by atoms with E-state index >= 15 is 0 Å². The molecule has 3 atom stereocenters. The highest BCUT2D eigenvalue weighted by Gasteiger charge is 2.45. The molecule has 220 valence electrons. The Morgan fingerprint density at radius 2 is 1.88 bits per heavy atom. The van der Waals surface area contributed by atoms with Crippen LogP contribution >= 0.6 is 0 Å². The second-order valence-corrected chi connectivity index (χ2v) is 13.1. The Hall–Kier alpha value is -3.97. The smallest absolute Gasteiger partial charge is 0.416 e. The monoisotopic (exact) mass is 599 g/mol. The van der Waals surface area contributed by atoms with Crippen LogP contribution in [0.1, 0.15) is 63.5 Å². The van der Waals surface area contributed by atoms with Crippen molar-refractivity contribution >= 4 is 16.0 Å². The van der Waals surface area contributed by atoms with E-state index in [-0.39, 0.29) is 53.3 Å². The summed E-state index contributed by atoms with van der Waals surface area (Å²) in [6.45, 7) is 1.94. The van der Waals surface area contributed by atoms with Crippen LogP contribution in [0, 0.1) is 5.92 Å². The maximum absolute atomic E-state index is 13.6. The molecule has 9 nitrogen and oxygen atoms in total. The number of halogens is 3. The van der Waals surface area contributed by atoms with Gasteiger partial charge in [-0.2, -0.15) is 27.7 Å². The van der Waals surface area contributed by atoms with Crippen LogP contribution in [0.25, 0.3) is 5.69 Å². The molecule has 1 fully saturated rings. The van der Waals surface area contributed by atoms with Gasteiger partial charge in [0.1, 0.15) is 5.56 Å². The molecule has 2 aliphatic rings. The van der Waals surface area contributed by atoms with Gasteiger partial charge in [0.25, 0.3) is 0 Å². The lowest BCUT2D eigenvalue weighted by atomic mass is 9.99. The first kappa shape index (κ1) is 28.2. The van der Waals surface area contributed by atoms with Gasteiger partial charge in [0.2, 0.25) is 10.0 Å². The predicted octanol–water partition coefficient (Wildman–Crippen LogP) is 4.98. The van der Waals surface area contributed by atoms with E-state index in [4.69, 9.17) is 0 Å². The fraction of sp³-hybridized carbons (Fsp3) is 0.345. The molecular weight excluding hydrogens is 571 g/mol.